The van der Waals surface area contributed by atoms with Gasteiger partial charge in [-0.3, -0.25) is 14.3 Å². The number of nitrogens with one attached hydrogen (secondary N) is 1. The maximum Gasteiger partial charge on any atom is 0.280 e. The molecule has 0 radical (unpaired) electrons. The second-order valence-corrected chi connectivity index (χ2v) is 16.5. The third kappa shape index (κ3) is 10.5. The lowest BCUT2D eigenvalue weighted by atomic mass is 9.80. The van der Waals surface area contributed by atoms with Crippen molar-refractivity contribution in [3.63, 3.8) is 0 Å². The lowest BCUT2D eigenvalue weighted by molar-refractivity contribution is 0.000144. The number of aromatic nitrogens is 4. The summed E-state index contributed by atoms with van der Waals surface area (Å²) in [5.41, 5.74) is 4.03. The van der Waals surface area contributed by atoms with E-state index in [1.165, 1.54) is 0 Å². The number of nitriles is 1. The maximum absolute atomic E-state index is 13.2. The van der Waals surface area contributed by atoms with Crippen molar-refractivity contribution in [3.8, 4) is 23.3 Å². The third-order valence-electron chi connectivity index (χ3n) is 9.75. The van der Waals surface area contributed by atoms with Gasteiger partial charge in [-0.15, -0.1) is 0 Å². The van der Waals surface area contributed by atoms with Crippen LogP contribution in [0.5, 0.6) is 11.5 Å². The van der Waals surface area contributed by atoms with E-state index in [-0.39, 0.29) is 49.8 Å². The molecule has 1 unspecified atom stereocenters. The number of benzene rings is 4. The maximum atomic E-state index is 13.2. The molecule has 61 heavy (non-hydrogen) atoms. The number of imidazole rings is 1. The minimum atomic E-state index is -1.54. The van der Waals surface area contributed by atoms with Gasteiger partial charge in [0.15, 0.2) is 11.2 Å². The Bertz CT molecular complexity index is 2430. The van der Waals surface area contributed by atoms with Gasteiger partial charge >= 0.3 is 0 Å². The van der Waals surface area contributed by atoms with E-state index in [4.69, 9.17) is 28.2 Å². The highest BCUT2D eigenvalue weighted by Gasteiger charge is 2.38. The number of aliphatic imine (C=N–C) groups is 1. The summed E-state index contributed by atoms with van der Waals surface area (Å²) in [6.45, 7) is 8.96. The lowest BCUT2D eigenvalue weighted by Gasteiger charge is -2.36. The second kappa shape index (κ2) is 20.5. The van der Waals surface area contributed by atoms with Gasteiger partial charge in [0, 0.05) is 31.9 Å². The fraction of sp³-hybridized carbons (Fsp3) is 0.326. The molecule has 0 fully saturated rings. The van der Waals surface area contributed by atoms with Crippen molar-refractivity contribution in [1.82, 2.24) is 29.1 Å². The van der Waals surface area contributed by atoms with E-state index in [1.54, 1.807) is 36.4 Å². The highest BCUT2D eigenvalue weighted by molar-refractivity contribution is 7.44. The van der Waals surface area contributed by atoms with Crippen molar-refractivity contribution in [2.45, 2.75) is 65.0 Å². The van der Waals surface area contributed by atoms with Gasteiger partial charge in [0.2, 0.25) is 5.95 Å². The Labute approximate surface area is 358 Å². The van der Waals surface area contributed by atoms with Crippen molar-refractivity contribution in [1.29, 1.82) is 5.26 Å². The summed E-state index contributed by atoms with van der Waals surface area (Å²) in [6.07, 6.45) is 3.39. The van der Waals surface area contributed by atoms with Gasteiger partial charge in [-0.05, 0) is 91.9 Å². The van der Waals surface area contributed by atoms with Crippen molar-refractivity contribution < 1.29 is 23.3 Å². The first-order valence-electron chi connectivity index (χ1n) is 20.0. The van der Waals surface area contributed by atoms with Crippen LogP contribution in [0, 0.1) is 11.3 Å². The van der Waals surface area contributed by atoms with Crippen molar-refractivity contribution in [2.24, 2.45) is 4.99 Å². The van der Waals surface area contributed by atoms with Gasteiger partial charge in [0.05, 0.1) is 52.9 Å². The van der Waals surface area contributed by atoms with E-state index in [0.717, 1.165) is 39.3 Å². The number of hydrogen-bond donors (Lipinski definition) is 1. The van der Waals surface area contributed by atoms with Crippen molar-refractivity contribution in [2.75, 3.05) is 34.9 Å². The van der Waals surface area contributed by atoms with Crippen LogP contribution < -0.4 is 15.0 Å². The summed E-state index contributed by atoms with van der Waals surface area (Å²) in [5.74, 6) is 1.59. The van der Waals surface area contributed by atoms with E-state index in [2.05, 4.69) is 65.5 Å². The lowest BCUT2D eigenvalue weighted by Crippen LogP contribution is -2.33. The molecule has 1 atom stereocenters. The van der Waals surface area contributed by atoms with Crippen LogP contribution >= 0.6 is 8.53 Å². The summed E-state index contributed by atoms with van der Waals surface area (Å²) < 4.78 is 35.3. The molecule has 0 bridgehead atoms. The second-order valence-electron chi connectivity index (χ2n) is 15.0. The van der Waals surface area contributed by atoms with Crippen LogP contribution in [0.25, 0.3) is 16.9 Å². The van der Waals surface area contributed by atoms with Gasteiger partial charge < -0.3 is 28.2 Å². The zero-order chi connectivity index (χ0) is 43.5. The standard InChI is InChI=1S/C46H53N8O6P/c1-32(2)54(33(3)4)61(59-24-12-23-47)60-29-35-25-34(26-39(27-35)53-31-48-42-43(53)50-45(51-44(42)55)49-30-52(5)6)28-58-46(36-13-10-9-11-14-36,37-15-19-40(56-7)20-16-37)38-17-21-41(57-8)22-18-38/h9-11,13-22,25-27,30-33H,12,24,28-29H2,1-8H3,(H,50,51,55)/b49-30+. The molecule has 0 spiro atoms. The van der Waals surface area contributed by atoms with Crippen LogP contribution in [-0.2, 0) is 32.6 Å². The molecule has 318 valence electrons. The summed E-state index contributed by atoms with van der Waals surface area (Å²) in [6, 6.07) is 34.3. The number of methoxy groups -OCH3 is 2. The highest BCUT2D eigenvalue weighted by Crippen LogP contribution is 2.47. The number of rotatable bonds is 20. The number of aromatic amines is 1. The average Bonchev–Trinajstić information content (AvgIpc) is 3.70. The Morgan fingerprint density at radius 3 is 2.00 bits per heavy atom. The molecule has 0 saturated carbocycles. The first-order chi connectivity index (χ1) is 29.5. The smallest absolute Gasteiger partial charge is 0.280 e. The topological polar surface area (TPSA) is 152 Å². The summed E-state index contributed by atoms with van der Waals surface area (Å²) >= 11 is 0. The first-order valence-corrected chi connectivity index (χ1v) is 21.1. The summed E-state index contributed by atoms with van der Waals surface area (Å²) in [7, 11) is 5.41. The average molecular weight is 845 g/mol. The molecule has 0 aliphatic heterocycles. The Morgan fingerprint density at radius 1 is 0.852 bits per heavy atom. The molecule has 4 aromatic carbocycles. The largest absolute Gasteiger partial charge is 0.497 e. The van der Waals surface area contributed by atoms with E-state index in [0.29, 0.717) is 11.3 Å². The molecule has 15 heteroatoms. The van der Waals surface area contributed by atoms with Gasteiger partial charge in [-0.25, -0.2) is 14.6 Å². The van der Waals surface area contributed by atoms with E-state index >= 15 is 0 Å². The molecule has 0 saturated heterocycles. The van der Waals surface area contributed by atoms with Crippen LogP contribution in [0.3, 0.4) is 0 Å². The number of ether oxygens (including phenoxy) is 3. The fourth-order valence-electron chi connectivity index (χ4n) is 7.08. The van der Waals surface area contributed by atoms with E-state index in [9.17, 15) is 10.1 Å². The molecule has 6 aromatic rings. The zero-order valence-corrected chi connectivity index (χ0v) is 36.8. The van der Waals surface area contributed by atoms with Crippen LogP contribution in [0.4, 0.5) is 5.95 Å². The Balaban J connectivity index is 1.49. The Hall–Kier alpha value is -5.94. The molecule has 0 aliphatic rings. The molecule has 14 nitrogen and oxygen atoms in total. The third-order valence-corrected chi connectivity index (χ3v) is 11.8. The first kappa shape index (κ1) is 44.6. The van der Waals surface area contributed by atoms with Gasteiger partial charge in [-0.2, -0.15) is 10.2 Å². The van der Waals surface area contributed by atoms with E-state index < -0.39 is 19.7 Å². The quantitative estimate of drug-likeness (QED) is 0.0258. The predicted molar refractivity (Wildman–Crippen MR) is 238 cm³/mol. The van der Waals surface area contributed by atoms with Crippen LogP contribution in [0.2, 0.25) is 0 Å². The Kier molecular flexibility index (Phi) is 15.0. The minimum Gasteiger partial charge on any atom is -0.497 e. The van der Waals surface area contributed by atoms with Gasteiger partial charge in [-0.1, -0.05) is 60.7 Å². The Morgan fingerprint density at radius 2 is 1.44 bits per heavy atom. The number of hydrogen-bond acceptors (Lipinski definition) is 11. The molecule has 2 aromatic heterocycles. The molecule has 0 amide bonds. The summed E-state index contributed by atoms with van der Waals surface area (Å²) in [4.78, 5) is 31.2. The minimum absolute atomic E-state index is 0.122. The molecule has 1 N–H and O–H groups in total. The van der Waals surface area contributed by atoms with Crippen molar-refractivity contribution in [3.05, 3.63) is 142 Å². The van der Waals surface area contributed by atoms with Gasteiger partial charge in [0.1, 0.15) is 23.4 Å². The SMILES string of the molecule is COc1ccc(C(OCc2cc(COP(OCCC#N)N(C(C)C)C(C)C)cc(-n3cnc4c(=O)[nH]c(/N=C/N(C)C)nc43)c2)(c2ccccc2)c2ccc(OC)cc2)cc1. The molecular formula is C46H53N8O6P. The highest BCUT2D eigenvalue weighted by atomic mass is 31.2. The normalized spacial score (nSPS) is 12.4. The molecule has 0 aliphatic carbocycles. The van der Waals surface area contributed by atoms with E-state index in [1.807, 2.05) is 99.0 Å². The molecular weight excluding hydrogens is 792 g/mol. The van der Waals surface area contributed by atoms with Crippen molar-refractivity contribution >= 4 is 32.0 Å². The number of fused-ring (bicyclic) bond motifs is 1. The van der Waals surface area contributed by atoms with Crippen LogP contribution in [0.1, 0.15) is 61.9 Å². The number of nitrogens with zero attached hydrogens (tertiary/aromatic N) is 7. The monoisotopic (exact) mass is 844 g/mol. The number of H-pyrrole nitrogens is 1. The van der Waals surface area contributed by atoms with Crippen LogP contribution in [0.15, 0.2) is 113 Å². The molecule has 6 rings (SSSR count). The van der Waals surface area contributed by atoms with Gasteiger partial charge in [0.25, 0.3) is 14.1 Å². The fourth-order valence-corrected chi connectivity index (χ4v) is 8.68. The summed E-state index contributed by atoms with van der Waals surface area (Å²) in [5, 5.41) is 9.29. The molecule has 2 heterocycles. The zero-order valence-electron chi connectivity index (χ0n) is 35.9. The van der Waals surface area contributed by atoms with Crippen LogP contribution in [-0.4, -0.2) is 82.4 Å². The predicted octanol–water partition coefficient (Wildman–Crippen LogP) is 8.65.